The number of hydrogen-bond donors (Lipinski definition) is 2. The highest BCUT2D eigenvalue weighted by Gasteiger charge is 2.16. The Morgan fingerprint density at radius 1 is 1.50 bits per heavy atom. The van der Waals surface area contributed by atoms with Crippen LogP contribution in [-0.2, 0) is 4.79 Å². The largest absolute Gasteiger partial charge is 0.480 e. The van der Waals surface area contributed by atoms with E-state index < -0.39 is 12.0 Å². The minimum Gasteiger partial charge on any atom is -0.480 e. The lowest BCUT2D eigenvalue weighted by atomic mass is 10.1. The lowest BCUT2D eigenvalue weighted by Gasteiger charge is -2.18. The Morgan fingerprint density at radius 2 is 2.12 bits per heavy atom. The molecule has 0 aliphatic carbocycles. The average Bonchev–Trinajstić information content (AvgIpc) is 2.16. The molecule has 88 valence electrons. The fourth-order valence-electron chi connectivity index (χ4n) is 1.39. The first kappa shape index (κ1) is 13.5. The van der Waals surface area contributed by atoms with Gasteiger partial charge in [0.1, 0.15) is 6.04 Å². The van der Waals surface area contributed by atoms with Gasteiger partial charge in [-0.15, -0.1) is 0 Å². The zero-order valence-electron chi connectivity index (χ0n) is 9.00. The molecule has 0 spiro atoms. The van der Waals surface area contributed by atoms with Gasteiger partial charge in [0, 0.05) is 15.5 Å². The predicted molar refractivity (Wildman–Crippen MR) is 67.8 cm³/mol. The molecule has 0 saturated heterocycles. The van der Waals surface area contributed by atoms with Crippen LogP contribution in [0.3, 0.4) is 0 Å². The summed E-state index contributed by atoms with van der Waals surface area (Å²) in [6, 6.07) is 4.84. The second-order valence-corrected chi connectivity index (χ2v) is 4.94. The molecule has 5 heteroatoms. The van der Waals surface area contributed by atoms with Crippen molar-refractivity contribution in [3.8, 4) is 0 Å². The molecule has 0 fully saturated rings. The topological polar surface area (TPSA) is 49.3 Å². The van der Waals surface area contributed by atoms with Crippen molar-refractivity contribution in [3.05, 3.63) is 33.3 Å². The third-order valence-electron chi connectivity index (χ3n) is 2.30. The summed E-state index contributed by atoms with van der Waals surface area (Å²) in [4.78, 5) is 10.7. The Kier molecular flexibility index (Phi) is 4.77. The van der Waals surface area contributed by atoms with Gasteiger partial charge in [0.25, 0.3) is 0 Å². The number of hydrogen-bond acceptors (Lipinski definition) is 2. The van der Waals surface area contributed by atoms with Crippen LogP contribution in [-0.4, -0.2) is 17.1 Å². The van der Waals surface area contributed by atoms with Crippen molar-refractivity contribution in [1.29, 1.82) is 0 Å². The van der Waals surface area contributed by atoms with Gasteiger partial charge >= 0.3 is 5.97 Å². The van der Waals surface area contributed by atoms with E-state index in [1.165, 1.54) is 0 Å². The third-order valence-corrected chi connectivity index (χ3v) is 3.12. The molecule has 2 atom stereocenters. The molecule has 0 saturated carbocycles. The zero-order valence-corrected chi connectivity index (χ0v) is 11.3. The van der Waals surface area contributed by atoms with Crippen molar-refractivity contribution in [3.63, 3.8) is 0 Å². The number of carbonyl (C=O) groups is 1. The van der Waals surface area contributed by atoms with Crippen LogP contribution in [0.1, 0.15) is 25.5 Å². The lowest BCUT2D eigenvalue weighted by molar-refractivity contribution is -0.139. The van der Waals surface area contributed by atoms with Crippen LogP contribution >= 0.6 is 27.5 Å². The number of aliphatic carboxylic acids is 1. The van der Waals surface area contributed by atoms with Crippen molar-refractivity contribution < 1.29 is 9.90 Å². The Balaban J connectivity index is 2.80. The predicted octanol–water partition coefficient (Wildman–Crippen LogP) is 3.23. The number of carboxylic acids is 1. The molecule has 0 radical (unpaired) electrons. The van der Waals surface area contributed by atoms with Crippen LogP contribution in [0.25, 0.3) is 0 Å². The van der Waals surface area contributed by atoms with Gasteiger partial charge in [0.15, 0.2) is 0 Å². The van der Waals surface area contributed by atoms with E-state index in [4.69, 9.17) is 16.7 Å². The molecule has 0 aliphatic heterocycles. The Labute approximate surface area is 108 Å². The monoisotopic (exact) mass is 305 g/mol. The van der Waals surface area contributed by atoms with E-state index in [0.29, 0.717) is 5.02 Å². The molecular weight excluding hydrogens is 293 g/mol. The van der Waals surface area contributed by atoms with E-state index >= 15 is 0 Å². The molecule has 16 heavy (non-hydrogen) atoms. The normalized spacial score (nSPS) is 14.5. The highest BCUT2D eigenvalue weighted by Crippen LogP contribution is 2.26. The van der Waals surface area contributed by atoms with Crippen LogP contribution in [0, 0.1) is 0 Å². The molecule has 0 bridgehead atoms. The number of halogens is 2. The Bertz CT molecular complexity index is 398. The summed E-state index contributed by atoms with van der Waals surface area (Å²) in [6.07, 6.45) is 0. The smallest absolute Gasteiger partial charge is 0.320 e. The molecule has 0 aromatic heterocycles. The first-order chi connectivity index (χ1) is 7.41. The van der Waals surface area contributed by atoms with Gasteiger partial charge in [-0.05, 0) is 31.5 Å². The number of rotatable bonds is 4. The van der Waals surface area contributed by atoms with E-state index in [0.717, 1.165) is 10.0 Å². The molecule has 0 heterocycles. The molecule has 0 amide bonds. The van der Waals surface area contributed by atoms with Crippen LogP contribution in [0.2, 0.25) is 5.02 Å². The van der Waals surface area contributed by atoms with Gasteiger partial charge in [-0.3, -0.25) is 10.1 Å². The van der Waals surface area contributed by atoms with Gasteiger partial charge in [0.05, 0.1) is 0 Å². The third kappa shape index (κ3) is 3.47. The number of benzene rings is 1. The lowest BCUT2D eigenvalue weighted by Crippen LogP contribution is -2.35. The molecular formula is C11H13BrClNO2. The van der Waals surface area contributed by atoms with Crippen LogP contribution in [0.15, 0.2) is 22.7 Å². The summed E-state index contributed by atoms with van der Waals surface area (Å²) in [5.41, 5.74) is 0.887. The van der Waals surface area contributed by atoms with E-state index in [1.54, 1.807) is 13.0 Å². The minimum atomic E-state index is -0.875. The van der Waals surface area contributed by atoms with E-state index in [-0.39, 0.29) is 6.04 Å². The number of carboxylic acid groups (broad SMARTS) is 1. The highest BCUT2D eigenvalue weighted by atomic mass is 79.9. The average molecular weight is 307 g/mol. The SMILES string of the molecule is CC(NC(C)c1ccc(Br)cc1Cl)C(=O)O. The first-order valence-electron chi connectivity index (χ1n) is 4.85. The van der Waals surface area contributed by atoms with Gasteiger partial charge in [-0.25, -0.2) is 0 Å². The summed E-state index contributed by atoms with van der Waals surface area (Å²) in [5, 5.41) is 12.4. The fourth-order valence-corrected chi connectivity index (χ4v) is 2.23. The number of nitrogens with one attached hydrogen (secondary N) is 1. The summed E-state index contributed by atoms with van der Waals surface area (Å²) >= 11 is 9.39. The van der Waals surface area contributed by atoms with Crippen molar-refractivity contribution in [1.82, 2.24) is 5.32 Å². The van der Waals surface area contributed by atoms with Crippen molar-refractivity contribution in [2.45, 2.75) is 25.9 Å². The van der Waals surface area contributed by atoms with E-state index in [9.17, 15) is 4.79 Å². The maximum atomic E-state index is 10.7. The van der Waals surface area contributed by atoms with Crippen LogP contribution < -0.4 is 5.32 Å². The zero-order chi connectivity index (χ0) is 12.3. The summed E-state index contributed by atoms with van der Waals surface area (Å²) < 4.78 is 0.903. The second kappa shape index (κ2) is 5.66. The standard InChI is InChI=1S/C11H13BrClNO2/c1-6(14-7(2)11(15)16)9-4-3-8(12)5-10(9)13/h3-7,14H,1-2H3,(H,15,16). The summed E-state index contributed by atoms with van der Waals surface area (Å²) in [5.74, 6) is -0.875. The van der Waals surface area contributed by atoms with Gasteiger partial charge in [-0.2, -0.15) is 0 Å². The maximum Gasteiger partial charge on any atom is 0.320 e. The fraction of sp³-hybridized carbons (Fsp3) is 0.364. The molecule has 2 N–H and O–H groups in total. The van der Waals surface area contributed by atoms with Crippen molar-refractivity contribution >= 4 is 33.5 Å². The van der Waals surface area contributed by atoms with Gasteiger partial charge in [0.2, 0.25) is 0 Å². The Morgan fingerprint density at radius 3 is 2.62 bits per heavy atom. The van der Waals surface area contributed by atoms with Crippen molar-refractivity contribution in [2.24, 2.45) is 0 Å². The molecule has 0 aliphatic rings. The first-order valence-corrected chi connectivity index (χ1v) is 6.02. The maximum absolute atomic E-state index is 10.7. The van der Waals surface area contributed by atoms with Crippen LogP contribution in [0.4, 0.5) is 0 Å². The summed E-state index contributed by atoms with van der Waals surface area (Å²) in [6.45, 7) is 3.49. The van der Waals surface area contributed by atoms with Gasteiger partial charge in [-0.1, -0.05) is 33.6 Å². The molecule has 1 aromatic carbocycles. The van der Waals surface area contributed by atoms with E-state index in [2.05, 4.69) is 21.2 Å². The minimum absolute atomic E-state index is 0.105. The quantitative estimate of drug-likeness (QED) is 0.898. The highest BCUT2D eigenvalue weighted by molar-refractivity contribution is 9.10. The molecule has 3 nitrogen and oxygen atoms in total. The van der Waals surface area contributed by atoms with Crippen LogP contribution in [0.5, 0.6) is 0 Å². The van der Waals surface area contributed by atoms with E-state index in [1.807, 2.05) is 19.1 Å². The van der Waals surface area contributed by atoms with Gasteiger partial charge < -0.3 is 5.11 Å². The summed E-state index contributed by atoms with van der Waals surface area (Å²) in [7, 11) is 0. The Hall–Kier alpha value is -0.580. The molecule has 2 unspecified atom stereocenters. The second-order valence-electron chi connectivity index (χ2n) is 3.61. The molecule has 1 rings (SSSR count). The molecule has 1 aromatic rings. The van der Waals surface area contributed by atoms with Crippen molar-refractivity contribution in [2.75, 3.05) is 0 Å².